The van der Waals surface area contributed by atoms with Crippen LogP contribution in [0.5, 0.6) is 0 Å². The minimum Gasteiger partial charge on any atom is -0.367 e. The minimum atomic E-state index is -0.119. The zero-order chi connectivity index (χ0) is 28.7. The standard InChI is InChI=1S/C38H39ClN2/c1-37(2)30-21-18-24-12-7-9-15-27(24)34(30)40(5)32(37)23-20-26-14-11-17-29(33(26)39)36-38(3,4)31-22-19-25-13-8-10-16-28(25)35(31)41(36)6/h7-10,12-13,15-16,18-23,32H,11,14,17H2,1-6H3. The molecule has 0 spiro atoms. The van der Waals surface area contributed by atoms with E-state index in [0.717, 1.165) is 24.3 Å². The number of benzene rings is 4. The number of rotatable bonds is 2. The van der Waals surface area contributed by atoms with Crippen molar-refractivity contribution >= 4 is 44.5 Å². The molecule has 0 radical (unpaired) electrons. The molecular formula is C38H39ClN2. The van der Waals surface area contributed by atoms with Gasteiger partial charge in [-0.15, -0.1) is 0 Å². The highest BCUT2D eigenvalue weighted by molar-refractivity contribution is 6.32. The molecule has 0 aromatic heterocycles. The molecule has 0 saturated heterocycles. The number of nitrogens with zero attached hydrogens (tertiary/aromatic N) is 2. The van der Waals surface area contributed by atoms with E-state index in [1.807, 2.05) is 0 Å². The molecule has 0 fully saturated rings. The first kappa shape index (κ1) is 26.4. The van der Waals surface area contributed by atoms with Gasteiger partial charge in [0.2, 0.25) is 0 Å². The van der Waals surface area contributed by atoms with E-state index in [-0.39, 0.29) is 16.9 Å². The van der Waals surface area contributed by atoms with E-state index in [2.05, 4.69) is 137 Å². The Bertz CT molecular complexity index is 1820. The van der Waals surface area contributed by atoms with Gasteiger partial charge in [-0.05, 0) is 52.3 Å². The van der Waals surface area contributed by atoms with Crippen LogP contribution in [0.3, 0.4) is 0 Å². The lowest BCUT2D eigenvalue weighted by Crippen LogP contribution is -2.37. The molecule has 3 heteroatoms. The molecule has 0 saturated carbocycles. The van der Waals surface area contributed by atoms with Crippen LogP contribution < -0.4 is 9.80 Å². The van der Waals surface area contributed by atoms with Crippen molar-refractivity contribution in [3.63, 3.8) is 0 Å². The summed E-state index contributed by atoms with van der Waals surface area (Å²) in [6.45, 7) is 9.47. The van der Waals surface area contributed by atoms with E-state index < -0.39 is 0 Å². The Morgan fingerprint density at radius 1 is 0.756 bits per heavy atom. The zero-order valence-electron chi connectivity index (χ0n) is 25.1. The van der Waals surface area contributed by atoms with Gasteiger partial charge in [-0.25, -0.2) is 0 Å². The van der Waals surface area contributed by atoms with Crippen LogP contribution in [0.4, 0.5) is 11.4 Å². The minimum absolute atomic E-state index is 0.00995. The van der Waals surface area contributed by atoms with Crippen LogP contribution in [0.1, 0.15) is 58.1 Å². The number of halogens is 1. The lowest BCUT2D eigenvalue weighted by Gasteiger charge is -2.31. The smallest absolute Gasteiger partial charge is 0.0565 e. The summed E-state index contributed by atoms with van der Waals surface area (Å²) < 4.78 is 0. The molecule has 0 bridgehead atoms. The van der Waals surface area contributed by atoms with Gasteiger partial charge in [0.1, 0.15) is 0 Å². The van der Waals surface area contributed by atoms with Gasteiger partial charge in [0.25, 0.3) is 0 Å². The summed E-state index contributed by atoms with van der Waals surface area (Å²) >= 11 is 7.37. The van der Waals surface area contributed by atoms with Gasteiger partial charge in [0, 0.05) is 52.1 Å². The SMILES string of the molecule is CN1C(=C2CCCC(C=CC3N(C)c4c(ccc5ccccc45)C3(C)C)=C2Cl)C(C)(C)c2ccc3ccccc3c21. The first-order valence-electron chi connectivity index (χ1n) is 14.9. The van der Waals surface area contributed by atoms with Crippen LogP contribution in [-0.4, -0.2) is 20.1 Å². The van der Waals surface area contributed by atoms with Gasteiger partial charge < -0.3 is 9.80 Å². The second kappa shape index (κ2) is 9.26. The van der Waals surface area contributed by atoms with Gasteiger partial charge in [0.05, 0.1) is 11.7 Å². The fraction of sp³-hybridized carbons (Fsp3) is 0.316. The van der Waals surface area contributed by atoms with Crippen molar-refractivity contribution in [1.29, 1.82) is 0 Å². The number of hydrogen-bond acceptors (Lipinski definition) is 2. The molecule has 2 aliphatic heterocycles. The van der Waals surface area contributed by atoms with Crippen molar-refractivity contribution < 1.29 is 0 Å². The van der Waals surface area contributed by atoms with Crippen molar-refractivity contribution in [2.45, 2.75) is 63.8 Å². The third-order valence-electron chi connectivity index (χ3n) is 10.1. The maximum Gasteiger partial charge on any atom is 0.0565 e. The fourth-order valence-corrected chi connectivity index (χ4v) is 8.46. The number of fused-ring (bicyclic) bond motifs is 6. The molecule has 1 atom stereocenters. The first-order valence-corrected chi connectivity index (χ1v) is 15.3. The molecule has 4 aromatic carbocycles. The second-order valence-corrected chi connectivity index (χ2v) is 13.6. The molecule has 3 aliphatic rings. The highest BCUT2D eigenvalue weighted by Crippen LogP contribution is 2.54. The quantitative estimate of drug-likeness (QED) is 0.241. The highest BCUT2D eigenvalue weighted by Gasteiger charge is 2.44. The molecule has 1 unspecified atom stereocenters. The number of anilines is 2. The maximum absolute atomic E-state index is 7.37. The topological polar surface area (TPSA) is 6.48 Å². The molecule has 2 heterocycles. The van der Waals surface area contributed by atoms with Crippen LogP contribution >= 0.6 is 11.6 Å². The summed E-state index contributed by atoms with van der Waals surface area (Å²) in [6, 6.07) is 26.9. The Morgan fingerprint density at radius 2 is 1.37 bits per heavy atom. The molecule has 0 amide bonds. The first-order chi connectivity index (χ1) is 19.6. The van der Waals surface area contributed by atoms with Crippen LogP contribution in [-0.2, 0) is 10.8 Å². The second-order valence-electron chi connectivity index (χ2n) is 13.2. The Balaban J connectivity index is 1.29. The number of allylic oxidation sites excluding steroid dienone is 5. The lowest BCUT2D eigenvalue weighted by molar-refractivity contribution is 0.487. The monoisotopic (exact) mass is 558 g/mol. The Hall–Kier alpha value is -3.49. The van der Waals surface area contributed by atoms with E-state index in [0.29, 0.717) is 0 Å². The third kappa shape index (κ3) is 3.76. The predicted octanol–water partition coefficient (Wildman–Crippen LogP) is 10.0. The molecular weight excluding hydrogens is 520 g/mol. The molecule has 208 valence electrons. The Morgan fingerprint density at radius 3 is 2.05 bits per heavy atom. The van der Waals surface area contributed by atoms with Crippen LogP contribution in [0.15, 0.2) is 107 Å². The van der Waals surface area contributed by atoms with Crippen molar-refractivity contribution in [2.24, 2.45) is 0 Å². The van der Waals surface area contributed by atoms with Crippen molar-refractivity contribution in [3.8, 4) is 0 Å². The molecule has 7 rings (SSSR count). The van der Waals surface area contributed by atoms with E-state index in [4.69, 9.17) is 11.6 Å². The highest BCUT2D eigenvalue weighted by atomic mass is 35.5. The Kier molecular flexibility index (Phi) is 5.97. The summed E-state index contributed by atoms with van der Waals surface area (Å²) in [5.41, 5.74) is 9.25. The van der Waals surface area contributed by atoms with E-state index >= 15 is 0 Å². The van der Waals surface area contributed by atoms with E-state index in [1.165, 1.54) is 60.9 Å². The normalized spacial score (nSPS) is 23.2. The summed E-state index contributed by atoms with van der Waals surface area (Å²) in [4.78, 5) is 4.90. The zero-order valence-corrected chi connectivity index (χ0v) is 25.8. The Labute approximate surface area is 249 Å². The van der Waals surface area contributed by atoms with Crippen LogP contribution in [0.25, 0.3) is 21.5 Å². The molecule has 41 heavy (non-hydrogen) atoms. The summed E-state index contributed by atoms with van der Waals surface area (Å²) in [5.74, 6) is 0. The number of likely N-dealkylation sites (N-methyl/N-ethyl adjacent to an activating group) is 2. The van der Waals surface area contributed by atoms with Crippen molar-refractivity contribution in [3.05, 3.63) is 118 Å². The van der Waals surface area contributed by atoms with Crippen LogP contribution in [0.2, 0.25) is 0 Å². The molecule has 0 N–H and O–H groups in total. The summed E-state index contributed by atoms with van der Waals surface area (Å²) in [7, 11) is 4.48. The van der Waals surface area contributed by atoms with E-state index in [1.54, 1.807) is 0 Å². The maximum atomic E-state index is 7.37. The number of hydrogen-bond donors (Lipinski definition) is 0. The van der Waals surface area contributed by atoms with Gasteiger partial charge >= 0.3 is 0 Å². The predicted molar refractivity (Wildman–Crippen MR) is 177 cm³/mol. The van der Waals surface area contributed by atoms with Crippen LogP contribution in [0, 0.1) is 0 Å². The van der Waals surface area contributed by atoms with E-state index in [9.17, 15) is 0 Å². The van der Waals surface area contributed by atoms with Crippen molar-refractivity contribution in [2.75, 3.05) is 23.9 Å². The fourth-order valence-electron chi connectivity index (χ4n) is 8.12. The molecule has 4 aromatic rings. The summed E-state index contributed by atoms with van der Waals surface area (Å²) in [5, 5.41) is 6.17. The average molecular weight is 559 g/mol. The summed E-state index contributed by atoms with van der Waals surface area (Å²) in [6.07, 6.45) is 7.89. The van der Waals surface area contributed by atoms with Gasteiger partial charge in [-0.2, -0.15) is 0 Å². The molecule has 2 nitrogen and oxygen atoms in total. The third-order valence-corrected chi connectivity index (χ3v) is 10.6. The van der Waals surface area contributed by atoms with Gasteiger partial charge in [-0.3, -0.25) is 0 Å². The lowest BCUT2D eigenvalue weighted by atomic mass is 9.78. The van der Waals surface area contributed by atoms with Gasteiger partial charge in [-0.1, -0.05) is 124 Å². The average Bonchev–Trinajstić information content (AvgIpc) is 3.29. The largest absolute Gasteiger partial charge is 0.367 e. The molecule has 1 aliphatic carbocycles. The van der Waals surface area contributed by atoms with Crippen molar-refractivity contribution in [1.82, 2.24) is 0 Å². The van der Waals surface area contributed by atoms with Gasteiger partial charge in [0.15, 0.2) is 0 Å².